The second-order valence-electron chi connectivity index (χ2n) is 2.33. The topological polar surface area (TPSA) is 26.7 Å². The Morgan fingerprint density at radius 1 is 1.25 bits per heavy atom. The Bertz CT molecular complexity index is 76.5. The van der Waals surface area contributed by atoms with Crippen LogP contribution in [0.15, 0.2) is 0 Å². The molecule has 0 amide bonds. The van der Waals surface area contributed by atoms with Gasteiger partial charge in [0, 0.05) is 27.2 Å². The fraction of sp³-hybridized carbons (Fsp3) is 1.00. The number of aliphatic hydroxyl groups excluding tert-OH is 1. The van der Waals surface area contributed by atoms with Crippen LogP contribution in [0.2, 0.25) is 0 Å². The van der Waals surface area contributed by atoms with E-state index in [4.69, 9.17) is 5.11 Å². The van der Waals surface area contributed by atoms with Gasteiger partial charge >= 0.3 is 0 Å². The molecule has 0 aromatic rings. The first-order valence-corrected chi connectivity index (χ1v) is 2.80. The average Bonchev–Trinajstić information content (AvgIpc) is 1.85. The summed E-state index contributed by atoms with van der Waals surface area (Å²) in [5.74, 6) is 0. The summed E-state index contributed by atoms with van der Waals surface area (Å²) in [7, 11) is 3.94. The van der Waals surface area contributed by atoms with E-state index in [0.717, 1.165) is 13.1 Å². The summed E-state index contributed by atoms with van der Waals surface area (Å²) in [6.07, 6.45) is -0.148. The van der Waals surface area contributed by atoms with Crippen molar-refractivity contribution in [3.05, 3.63) is 0 Å². The fourth-order valence-electron chi connectivity index (χ4n) is 0.947. The van der Waals surface area contributed by atoms with E-state index in [9.17, 15) is 0 Å². The number of hydrazine groups is 1. The molecule has 0 aromatic heterocycles. The Morgan fingerprint density at radius 3 is 1.75 bits per heavy atom. The van der Waals surface area contributed by atoms with Gasteiger partial charge in [0.25, 0.3) is 0 Å². The zero-order chi connectivity index (χ0) is 6.15. The molecule has 0 atom stereocenters. The van der Waals surface area contributed by atoms with Crippen molar-refractivity contribution in [2.45, 2.75) is 6.10 Å². The largest absolute Gasteiger partial charge is 0.390 e. The molecule has 0 aromatic carbocycles. The predicted octanol–water partition coefficient (Wildman–Crippen LogP) is -0.861. The Morgan fingerprint density at radius 2 is 1.62 bits per heavy atom. The molecule has 1 N–H and O–H groups in total. The molecular formula is C5H12N2O. The number of nitrogens with zero attached hydrogens (tertiary/aromatic N) is 2. The van der Waals surface area contributed by atoms with Crippen LogP contribution >= 0.6 is 0 Å². The third-order valence-corrected chi connectivity index (χ3v) is 1.53. The lowest BCUT2D eigenvalue weighted by Crippen LogP contribution is -2.28. The van der Waals surface area contributed by atoms with Gasteiger partial charge in [0.05, 0.1) is 6.10 Å². The molecule has 1 fully saturated rings. The van der Waals surface area contributed by atoms with E-state index >= 15 is 0 Å². The van der Waals surface area contributed by atoms with Gasteiger partial charge in [-0.25, -0.2) is 10.0 Å². The van der Waals surface area contributed by atoms with E-state index in [1.807, 2.05) is 24.1 Å². The number of hydrogen-bond donors (Lipinski definition) is 1. The van der Waals surface area contributed by atoms with E-state index < -0.39 is 0 Å². The van der Waals surface area contributed by atoms with Crippen molar-refractivity contribution in [3.8, 4) is 0 Å². The van der Waals surface area contributed by atoms with Crippen LogP contribution in [-0.4, -0.2) is 48.4 Å². The first kappa shape index (κ1) is 6.01. The van der Waals surface area contributed by atoms with E-state index in [1.54, 1.807) is 0 Å². The molecule has 3 heteroatoms. The molecule has 0 saturated carbocycles. The number of aliphatic hydroxyl groups is 1. The van der Waals surface area contributed by atoms with Gasteiger partial charge in [-0.1, -0.05) is 0 Å². The minimum Gasteiger partial charge on any atom is -0.390 e. The molecule has 0 radical (unpaired) electrons. The first-order chi connectivity index (χ1) is 3.70. The summed E-state index contributed by atoms with van der Waals surface area (Å²) in [5, 5.41) is 13.0. The SMILES string of the molecule is CN1CC(O)CN1C. The van der Waals surface area contributed by atoms with E-state index in [1.165, 1.54) is 0 Å². The highest BCUT2D eigenvalue weighted by Gasteiger charge is 2.21. The lowest BCUT2D eigenvalue weighted by atomic mass is 10.4. The standard InChI is InChI=1S/C5H12N2O/c1-6-3-5(8)4-7(6)2/h5,8H,3-4H2,1-2H3. The summed E-state index contributed by atoms with van der Waals surface area (Å²) < 4.78 is 0. The summed E-state index contributed by atoms with van der Waals surface area (Å²) in [4.78, 5) is 0. The second kappa shape index (κ2) is 2.01. The zero-order valence-corrected chi connectivity index (χ0v) is 5.33. The van der Waals surface area contributed by atoms with Crippen molar-refractivity contribution in [1.82, 2.24) is 10.0 Å². The molecule has 0 spiro atoms. The minimum absolute atomic E-state index is 0.148. The smallest absolute Gasteiger partial charge is 0.0821 e. The molecule has 1 rings (SSSR count). The quantitative estimate of drug-likeness (QED) is 0.446. The molecule has 1 heterocycles. The highest BCUT2D eigenvalue weighted by atomic mass is 16.3. The summed E-state index contributed by atoms with van der Waals surface area (Å²) in [6, 6.07) is 0. The van der Waals surface area contributed by atoms with Crippen LogP contribution in [0.25, 0.3) is 0 Å². The third-order valence-electron chi connectivity index (χ3n) is 1.53. The van der Waals surface area contributed by atoms with Crippen LogP contribution in [0.1, 0.15) is 0 Å². The van der Waals surface area contributed by atoms with E-state index in [0.29, 0.717) is 0 Å². The van der Waals surface area contributed by atoms with Crippen molar-refractivity contribution in [2.75, 3.05) is 27.2 Å². The van der Waals surface area contributed by atoms with Crippen molar-refractivity contribution < 1.29 is 5.11 Å². The van der Waals surface area contributed by atoms with Crippen LogP contribution in [0, 0.1) is 0 Å². The number of rotatable bonds is 0. The highest BCUT2D eigenvalue weighted by Crippen LogP contribution is 2.03. The Balaban J connectivity index is 2.39. The van der Waals surface area contributed by atoms with E-state index in [-0.39, 0.29) is 6.10 Å². The summed E-state index contributed by atoms with van der Waals surface area (Å²) in [6.45, 7) is 1.55. The Labute approximate surface area is 49.5 Å². The summed E-state index contributed by atoms with van der Waals surface area (Å²) >= 11 is 0. The zero-order valence-electron chi connectivity index (χ0n) is 5.33. The lowest BCUT2D eigenvalue weighted by Gasteiger charge is -2.16. The minimum atomic E-state index is -0.148. The van der Waals surface area contributed by atoms with Gasteiger partial charge in [0.15, 0.2) is 0 Å². The number of likely N-dealkylation sites (N-methyl/N-ethyl adjacent to an activating group) is 2. The van der Waals surface area contributed by atoms with Gasteiger partial charge in [-0.3, -0.25) is 0 Å². The van der Waals surface area contributed by atoms with Crippen molar-refractivity contribution in [1.29, 1.82) is 0 Å². The monoisotopic (exact) mass is 116 g/mol. The molecule has 48 valence electrons. The van der Waals surface area contributed by atoms with Crippen LogP contribution < -0.4 is 0 Å². The molecule has 0 aliphatic carbocycles. The number of β-amino-alcohol motifs (C(OH)–C–C–N with tert-alkyl or cyclic N) is 1. The Kier molecular flexibility index (Phi) is 1.51. The van der Waals surface area contributed by atoms with Gasteiger partial charge in [0.2, 0.25) is 0 Å². The maximum atomic E-state index is 8.99. The van der Waals surface area contributed by atoms with Gasteiger partial charge < -0.3 is 5.11 Å². The highest BCUT2D eigenvalue weighted by molar-refractivity contribution is 4.69. The maximum absolute atomic E-state index is 8.99. The van der Waals surface area contributed by atoms with E-state index in [2.05, 4.69) is 0 Å². The van der Waals surface area contributed by atoms with Gasteiger partial charge in [-0.05, 0) is 0 Å². The summed E-state index contributed by atoms with van der Waals surface area (Å²) in [5.41, 5.74) is 0. The first-order valence-electron chi connectivity index (χ1n) is 2.80. The van der Waals surface area contributed by atoms with Crippen molar-refractivity contribution in [2.24, 2.45) is 0 Å². The van der Waals surface area contributed by atoms with Crippen molar-refractivity contribution in [3.63, 3.8) is 0 Å². The van der Waals surface area contributed by atoms with Crippen molar-refractivity contribution >= 4 is 0 Å². The van der Waals surface area contributed by atoms with Crippen LogP contribution in [0.5, 0.6) is 0 Å². The molecule has 1 aliphatic heterocycles. The second-order valence-corrected chi connectivity index (χ2v) is 2.33. The molecule has 0 bridgehead atoms. The van der Waals surface area contributed by atoms with Gasteiger partial charge in [0.1, 0.15) is 0 Å². The molecule has 0 unspecified atom stereocenters. The number of hydrogen-bond acceptors (Lipinski definition) is 3. The average molecular weight is 116 g/mol. The molecule has 1 saturated heterocycles. The predicted molar refractivity (Wildman–Crippen MR) is 31.3 cm³/mol. The lowest BCUT2D eigenvalue weighted by molar-refractivity contribution is 0.0894. The van der Waals surface area contributed by atoms with Gasteiger partial charge in [-0.15, -0.1) is 0 Å². The third kappa shape index (κ3) is 0.992. The van der Waals surface area contributed by atoms with Crippen LogP contribution in [0.3, 0.4) is 0 Å². The molecule has 3 nitrogen and oxygen atoms in total. The normalized spacial score (nSPS) is 27.4. The molecule has 8 heavy (non-hydrogen) atoms. The van der Waals surface area contributed by atoms with Gasteiger partial charge in [-0.2, -0.15) is 0 Å². The maximum Gasteiger partial charge on any atom is 0.0821 e. The fourth-order valence-corrected chi connectivity index (χ4v) is 0.947. The molecule has 1 aliphatic rings. The molecular weight excluding hydrogens is 104 g/mol. The van der Waals surface area contributed by atoms with Crippen LogP contribution in [-0.2, 0) is 0 Å². The van der Waals surface area contributed by atoms with Crippen LogP contribution in [0.4, 0.5) is 0 Å². The Hall–Kier alpha value is -0.120.